The number of pyridine rings is 1. The summed E-state index contributed by atoms with van der Waals surface area (Å²) in [5.41, 5.74) is 1.80. The Morgan fingerprint density at radius 2 is 2.10 bits per heavy atom. The van der Waals surface area contributed by atoms with E-state index in [1.807, 2.05) is 49.4 Å². The highest BCUT2D eigenvalue weighted by Gasteiger charge is 2.11. The molecular weight excluding hydrogens is 252 g/mol. The Hall–Kier alpha value is -1.91. The minimum absolute atomic E-state index is 0.0939. The van der Waals surface area contributed by atoms with E-state index in [0.717, 1.165) is 17.0 Å². The first-order valence-electron chi connectivity index (χ1n) is 6.67. The fourth-order valence-electron chi connectivity index (χ4n) is 1.99. The number of hydrogen-bond acceptors (Lipinski definition) is 4. The maximum absolute atomic E-state index is 10.2. The summed E-state index contributed by atoms with van der Waals surface area (Å²) in [7, 11) is 1.62. The van der Waals surface area contributed by atoms with Gasteiger partial charge in [0.15, 0.2) is 0 Å². The molecule has 1 heterocycles. The maximum atomic E-state index is 10.2. The Morgan fingerprint density at radius 1 is 1.25 bits per heavy atom. The zero-order chi connectivity index (χ0) is 14.4. The van der Waals surface area contributed by atoms with Crippen molar-refractivity contribution in [2.24, 2.45) is 0 Å². The molecule has 0 fully saturated rings. The minimum Gasteiger partial charge on any atom is -0.497 e. The SMILES string of the molecule is COc1cccc(C(O)CN[C@@H](C)c2ccccn2)c1. The molecule has 2 rings (SSSR count). The highest BCUT2D eigenvalue weighted by molar-refractivity contribution is 5.29. The molecule has 2 aromatic rings. The third kappa shape index (κ3) is 3.79. The van der Waals surface area contributed by atoms with Gasteiger partial charge in [0.1, 0.15) is 5.75 Å². The quantitative estimate of drug-likeness (QED) is 0.848. The summed E-state index contributed by atoms with van der Waals surface area (Å²) < 4.78 is 5.16. The van der Waals surface area contributed by atoms with E-state index >= 15 is 0 Å². The molecule has 0 amide bonds. The summed E-state index contributed by atoms with van der Waals surface area (Å²) in [4.78, 5) is 4.29. The second kappa shape index (κ2) is 7.03. The van der Waals surface area contributed by atoms with Crippen LogP contribution in [0.2, 0.25) is 0 Å². The number of methoxy groups -OCH3 is 1. The van der Waals surface area contributed by atoms with Gasteiger partial charge >= 0.3 is 0 Å². The van der Waals surface area contributed by atoms with Crippen LogP contribution in [0.3, 0.4) is 0 Å². The summed E-state index contributed by atoms with van der Waals surface area (Å²) >= 11 is 0. The standard InChI is InChI=1S/C16H20N2O2/c1-12(15-8-3-4-9-17-15)18-11-16(19)13-6-5-7-14(10-13)20-2/h3-10,12,16,18-19H,11H2,1-2H3/t12-,16?/m0/s1. The molecule has 2 atom stereocenters. The number of aliphatic hydroxyl groups excluding tert-OH is 1. The molecule has 0 spiro atoms. The van der Waals surface area contributed by atoms with Crippen LogP contribution in [0.25, 0.3) is 0 Å². The van der Waals surface area contributed by atoms with Gasteiger partial charge in [-0.2, -0.15) is 0 Å². The maximum Gasteiger partial charge on any atom is 0.119 e. The summed E-state index contributed by atoms with van der Waals surface area (Å²) in [6.07, 6.45) is 1.20. The van der Waals surface area contributed by atoms with Gasteiger partial charge in [0.05, 0.1) is 18.9 Å². The van der Waals surface area contributed by atoms with Crippen molar-refractivity contribution in [1.82, 2.24) is 10.3 Å². The lowest BCUT2D eigenvalue weighted by Crippen LogP contribution is -2.25. The van der Waals surface area contributed by atoms with Gasteiger partial charge in [-0.15, -0.1) is 0 Å². The van der Waals surface area contributed by atoms with Gasteiger partial charge in [0.2, 0.25) is 0 Å². The number of rotatable bonds is 6. The first-order chi connectivity index (χ1) is 9.70. The Bertz CT molecular complexity index is 531. The summed E-state index contributed by atoms with van der Waals surface area (Å²) in [5.74, 6) is 0.749. The average molecular weight is 272 g/mol. The molecule has 0 saturated heterocycles. The average Bonchev–Trinajstić information content (AvgIpc) is 2.53. The van der Waals surface area contributed by atoms with Crippen LogP contribution in [-0.2, 0) is 0 Å². The van der Waals surface area contributed by atoms with Gasteiger partial charge in [-0.3, -0.25) is 4.98 Å². The number of nitrogens with zero attached hydrogens (tertiary/aromatic N) is 1. The van der Waals surface area contributed by atoms with E-state index in [1.54, 1.807) is 13.3 Å². The van der Waals surface area contributed by atoms with Gasteiger partial charge in [-0.05, 0) is 36.8 Å². The molecule has 4 heteroatoms. The lowest BCUT2D eigenvalue weighted by Gasteiger charge is -2.17. The Labute approximate surface area is 119 Å². The first kappa shape index (κ1) is 14.5. The Balaban J connectivity index is 1.93. The van der Waals surface area contributed by atoms with E-state index < -0.39 is 6.10 Å². The van der Waals surface area contributed by atoms with Crippen LogP contribution >= 0.6 is 0 Å². The lowest BCUT2D eigenvalue weighted by atomic mass is 10.1. The molecule has 0 saturated carbocycles. The van der Waals surface area contributed by atoms with Crippen molar-refractivity contribution in [3.63, 3.8) is 0 Å². The van der Waals surface area contributed by atoms with Crippen molar-refractivity contribution in [3.8, 4) is 5.75 Å². The van der Waals surface area contributed by atoms with E-state index in [-0.39, 0.29) is 6.04 Å². The van der Waals surface area contributed by atoms with Crippen LogP contribution < -0.4 is 10.1 Å². The summed E-state index contributed by atoms with van der Waals surface area (Å²) in [6.45, 7) is 2.49. The molecule has 0 bridgehead atoms. The minimum atomic E-state index is -0.573. The lowest BCUT2D eigenvalue weighted by molar-refractivity contribution is 0.170. The van der Waals surface area contributed by atoms with Crippen molar-refractivity contribution >= 4 is 0 Å². The normalized spacial score (nSPS) is 13.8. The van der Waals surface area contributed by atoms with Crippen molar-refractivity contribution in [1.29, 1.82) is 0 Å². The zero-order valence-corrected chi connectivity index (χ0v) is 11.8. The van der Waals surface area contributed by atoms with E-state index in [9.17, 15) is 5.11 Å². The van der Waals surface area contributed by atoms with Crippen LogP contribution in [0, 0.1) is 0 Å². The van der Waals surface area contributed by atoms with Crippen LogP contribution in [0.1, 0.15) is 30.3 Å². The molecule has 20 heavy (non-hydrogen) atoms. The third-order valence-electron chi connectivity index (χ3n) is 3.23. The molecule has 1 aromatic carbocycles. The van der Waals surface area contributed by atoms with Crippen LogP contribution in [-0.4, -0.2) is 23.7 Å². The van der Waals surface area contributed by atoms with E-state index in [1.165, 1.54) is 0 Å². The number of benzene rings is 1. The highest BCUT2D eigenvalue weighted by atomic mass is 16.5. The molecule has 0 radical (unpaired) electrons. The van der Waals surface area contributed by atoms with Crippen LogP contribution in [0.5, 0.6) is 5.75 Å². The second-order valence-corrected chi connectivity index (χ2v) is 4.68. The van der Waals surface area contributed by atoms with Crippen molar-refractivity contribution in [2.45, 2.75) is 19.1 Å². The molecule has 1 unspecified atom stereocenters. The van der Waals surface area contributed by atoms with E-state index in [0.29, 0.717) is 6.54 Å². The van der Waals surface area contributed by atoms with Crippen LogP contribution in [0.4, 0.5) is 0 Å². The van der Waals surface area contributed by atoms with Crippen molar-refractivity contribution in [3.05, 3.63) is 59.9 Å². The molecule has 0 aliphatic heterocycles. The molecule has 1 aromatic heterocycles. The molecule has 4 nitrogen and oxygen atoms in total. The smallest absolute Gasteiger partial charge is 0.119 e. The second-order valence-electron chi connectivity index (χ2n) is 4.68. The molecule has 2 N–H and O–H groups in total. The molecular formula is C16H20N2O2. The number of hydrogen-bond donors (Lipinski definition) is 2. The van der Waals surface area contributed by atoms with Gasteiger partial charge in [-0.1, -0.05) is 18.2 Å². The fourth-order valence-corrected chi connectivity index (χ4v) is 1.99. The van der Waals surface area contributed by atoms with Crippen molar-refractivity contribution in [2.75, 3.05) is 13.7 Å². The third-order valence-corrected chi connectivity index (χ3v) is 3.23. The number of nitrogens with one attached hydrogen (secondary N) is 1. The fraction of sp³-hybridized carbons (Fsp3) is 0.312. The molecule has 0 aliphatic rings. The monoisotopic (exact) mass is 272 g/mol. The van der Waals surface area contributed by atoms with Gasteiger partial charge in [0, 0.05) is 18.8 Å². The van der Waals surface area contributed by atoms with E-state index in [2.05, 4.69) is 10.3 Å². The number of aromatic nitrogens is 1. The summed E-state index contributed by atoms with van der Waals surface area (Å²) in [6, 6.07) is 13.4. The Morgan fingerprint density at radius 3 is 2.80 bits per heavy atom. The predicted molar refractivity (Wildman–Crippen MR) is 78.6 cm³/mol. The van der Waals surface area contributed by atoms with Crippen LogP contribution in [0.15, 0.2) is 48.7 Å². The van der Waals surface area contributed by atoms with E-state index in [4.69, 9.17) is 4.74 Å². The highest BCUT2D eigenvalue weighted by Crippen LogP contribution is 2.19. The van der Waals surface area contributed by atoms with Gasteiger partial charge in [-0.25, -0.2) is 0 Å². The molecule has 106 valence electrons. The van der Waals surface area contributed by atoms with Gasteiger partial charge < -0.3 is 15.2 Å². The predicted octanol–water partition coefficient (Wildman–Crippen LogP) is 2.47. The van der Waals surface area contributed by atoms with Crippen molar-refractivity contribution < 1.29 is 9.84 Å². The zero-order valence-electron chi connectivity index (χ0n) is 11.8. The van der Waals surface area contributed by atoms with Gasteiger partial charge in [0.25, 0.3) is 0 Å². The first-order valence-corrected chi connectivity index (χ1v) is 6.67. The largest absolute Gasteiger partial charge is 0.497 e. The summed E-state index contributed by atoms with van der Waals surface area (Å²) in [5, 5.41) is 13.5. The Kier molecular flexibility index (Phi) is 5.09. The number of aliphatic hydroxyl groups is 1. The molecule has 0 aliphatic carbocycles. The number of ether oxygens (including phenoxy) is 1. The topological polar surface area (TPSA) is 54.4 Å².